The van der Waals surface area contributed by atoms with E-state index in [4.69, 9.17) is 0 Å². The third-order valence-electron chi connectivity index (χ3n) is 8.14. The Balaban J connectivity index is 1.19. The summed E-state index contributed by atoms with van der Waals surface area (Å²) < 4.78 is 0. The van der Waals surface area contributed by atoms with Gasteiger partial charge in [0.15, 0.2) is 0 Å². The number of rotatable bonds is 5. The highest BCUT2D eigenvalue weighted by atomic mass is 15.1. The highest BCUT2D eigenvalue weighted by molar-refractivity contribution is 6.18. The summed E-state index contributed by atoms with van der Waals surface area (Å²) >= 11 is 0. The van der Waals surface area contributed by atoms with Crippen molar-refractivity contribution in [3.63, 3.8) is 0 Å². The van der Waals surface area contributed by atoms with Gasteiger partial charge in [-0.25, -0.2) is 0 Å². The summed E-state index contributed by atoms with van der Waals surface area (Å²) in [5.41, 5.74) is 13.5. The van der Waals surface area contributed by atoms with Gasteiger partial charge in [0.25, 0.3) is 0 Å². The normalized spacial score (nSPS) is 11.4. The van der Waals surface area contributed by atoms with E-state index in [2.05, 4.69) is 155 Å². The Kier molecular flexibility index (Phi) is 5.49. The molecular weight excluding hydrogens is 496 g/mol. The molecule has 0 radical (unpaired) electrons. The smallest absolute Gasteiger partial charge is 0.0492 e. The average molecular weight is 523 g/mol. The lowest BCUT2D eigenvalue weighted by Crippen LogP contribution is -2.09. The van der Waals surface area contributed by atoms with Crippen LogP contribution in [0.1, 0.15) is 0 Å². The van der Waals surface area contributed by atoms with Gasteiger partial charge in [0.2, 0.25) is 0 Å². The molecule has 0 amide bonds. The van der Waals surface area contributed by atoms with E-state index >= 15 is 0 Å². The average Bonchev–Trinajstić information content (AvgIpc) is 3.38. The maximum Gasteiger partial charge on any atom is 0.0492 e. The minimum absolute atomic E-state index is 1.07. The van der Waals surface area contributed by atoms with Crippen LogP contribution in [0.15, 0.2) is 158 Å². The van der Waals surface area contributed by atoms with E-state index in [1.54, 1.807) is 0 Å². The quantitative estimate of drug-likeness (QED) is 0.223. The van der Waals surface area contributed by atoms with Gasteiger partial charge < -0.3 is 4.90 Å². The first-order valence-corrected chi connectivity index (χ1v) is 14.0. The zero-order chi connectivity index (χ0) is 27.2. The molecule has 1 aromatic heterocycles. The van der Waals surface area contributed by atoms with E-state index in [0.29, 0.717) is 0 Å². The van der Waals surface area contributed by atoms with Gasteiger partial charge in [-0.3, -0.25) is 4.98 Å². The molecule has 2 nitrogen and oxygen atoms in total. The molecule has 1 heterocycles. The lowest BCUT2D eigenvalue weighted by atomic mass is 9.94. The molecule has 0 N–H and O–H groups in total. The molecule has 0 spiro atoms. The fraction of sp³-hybridized carbons (Fsp3) is 0. The van der Waals surface area contributed by atoms with Gasteiger partial charge >= 0.3 is 0 Å². The summed E-state index contributed by atoms with van der Waals surface area (Å²) in [5, 5.41) is 2.65. The number of benzene rings is 6. The maximum atomic E-state index is 4.26. The van der Waals surface area contributed by atoms with Crippen molar-refractivity contribution >= 4 is 27.8 Å². The topological polar surface area (TPSA) is 16.1 Å². The van der Waals surface area contributed by atoms with Crippen LogP contribution in [0.4, 0.5) is 17.1 Å². The molecule has 0 saturated carbocycles. The molecule has 0 saturated heterocycles. The Hall–Kier alpha value is -5.47. The first-order valence-electron chi connectivity index (χ1n) is 14.0. The molecule has 8 rings (SSSR count). The minimum Gasteiger partial charge on any atom is -0.310 e. The standard InChI is InChI=1S/C39H26N2/c1-2-7-27(8-3-1)28-13-17-30(18-14-28)41(32-23-25-40-26-24-32)31-19-15-29(16-20-31)33-21-22-38-35-10-5-4-9-34(35)37-12-6-11-36(33)39(37)38/h1-26H. The molecule has 1 aliphatic carbocycles. The van der Waals surface area contributed by atoms with E-state index in [0.717, 1.165) is 17.1 Å². The van der Waals surface area contributed by atoms with Crippen LogP contribution in [0, 0.1) is 0 Å². The fourth-order valence-electron chi connectivity index (χ4n) is 6.22. The first kappa shape index (κ1) is 23.4. The molecule has 0 atom stereocenters. The predicted molar refractivity (Wildman–Crippen MR) is 172 cm³/mol. The van der Waals surface area contributed by atoms with Crippen molar-refractivity contribution in [2.45, 2.75) is 0 Å². The fourth-order valence-corrected chi connectivity index (χ4v) is 6.22. The van der Waals surface area contributed by atoms with Gasteiger partial charge in [-0.15, -0.1) is 0 Å². The Bertz CT molecular complexity index is 1980. The monoisotopic (exact) mass is 522 g/mol. The SMILES string of the molecule is c1ccc(-c2ccc(N(c3ccncc3)c3ccc(-c4ccc5c6c(cccc46)-c4ccccc4-5)cc3)cc2)cc1. The van der Waals surface area contributed by atoms with E-state index in [1.807, 2.05) is 12.4 Å². The molecule has 0 bridgehead atoms. The van der Waals surface area contributed by atoms with Crippen LogP contribution >= 0.6 is 0 Å². The van der Waals surface area contributed by atoms with Crippen molar-refractivity contribution in [3.05, 3.63) is 158 Å². The van der Waals surface area contributed by atoms with Crippen LogP contribution in [0.3, 0.4) is 0 Å². The second kappa shape index (κ2) is 9.62. The second-order valence-corrected chi connectivity index (χ2v) is 10.4. The van der Waals surface area contributed by atoms with Crippen LogP contribution < -0.4 is 4.90 Å². The predicted octanol–water partition coefficient (Wildman–Crippen LogP) is 10.7. The summed E-state index contributed by atoms with van der Waals surface area (Å²) in [6.45, 7) is 0. The van der Waals surface area contributed by atoms with Gasteiger partial charge in [-0.2, -0.15) is 0 Å². The number of nitrogens with zero attached hydrogens (tertiary/aromatic N) is 2. The van der Waals surface area contributed by atoms with E-state index in [-0.39, 0.29) is 0 Å². The summed E-state index contributed by atoms with van der Waals surface area (Å²) in [7, 11) is 0. The van der Waals surface area contributed by atoms with Gasteiger partial charge in [0.05, 0.1) is 0 Å². The van der Waals surface area contributed by atoms with Crippen molar-refractivity contribution in [2.24, 2.45) is 0 Å². The van der Waals surface area contributed by atoms with E-state index in [9.17, 15) is 0 Å². The third-order valence-corrected chi connectivity index (χ3v) is 8.14. The summed E-state index contributed by atoms with van der Waals surface area (Å²) in [4.78, 5) is 6.54. The lowest BCUT2D eigenvalue weighted by molar-refractivity contribution is 1.24. The Morgan fingerprint density at radius 2 is 0.854 bits per heavy atom. The van der Waals surface area contributed by atoms with Crippen molar-refractivity contribution in [1.82, 2.24) is 4.98 Å². The first-order chi connectivity index (χ1) is 20.3. The number of aromatic nitrogens is 1. The molecule has 2 heteroatoms. The molecule has 0 fully saturated rings. The molecule has 6 aromatic carbocycles. The molecule has 41 heavy (non-hydrogen) atoms. The molecule has 7 aromatic rings. The molecule has 192 valence electrons. The van der Waals surface area contributed by atoms with Gasteiger partial charge in [0, 0.05) is 29.5 Å². The van der Waals surface area contributed by atoms with Gasteiger partial charge in [0.1, 0.15) is 0 Å². The Morgan fingerprint density at radius 3 is 1.54 bits per heavy atom. The van der Waals surface area contributed by atoms with Crippen LogP contribution in [0.2, 0.25) is 0 Å². The number of fused-ring (bicyclic) bond motifs is 3. The minimum atomic E-state index is 1.07. The van der Waals surface area contributed by atoms with Crippen molar-refractivity contribution in [3.8, 4) is 44.5 Å². The molecular formula is C39H26N2. The van der Waals surface area contributed by atoms with Crippen LogP contribution in [0.5, 0.6) is 0 Å². The summed E-state index contributed by atoms with van der Waals surface area (Å²) in [6.07, 6.45) is 3.69. The van der Waals surface area contributed by atoms with E-state index < -0.39 is 0 Å². The number of anilines is 3. The molecule has 0 aliphatic heterocycles. The summed E-state index contributed by atoms with van der Waals surface area (Å²) in [5.74, 6) is 0. The Morgan fingerprint density at radius 1 is 0.341 bits per heavy atom. The lowest BCUT2D eigenvalue weighted by Gasteiger charge is -2.25. The number of hydrogen-bond donors (Lipinski definition) is 0. The largest absolute Gasteiger partial charge is 0.310 e. The second-order valence-electron chi connectivity index (χ2n) is 10.4. The van der Waals surface area contributed by atoms with Crippen molar-refractivity contribution in [1.29, 1.82) is 0 Å². The van der Waals surface area contributed by atoms with Crippen molar-refractivity contribution < 1.29 is 0 Å². The number of pyridine rings is 1. The highest BCUT2D eigenvalue weighted by Gasteiger charge is 2.22. The maximum absolute atomic E-state index is 4.26. The van der Waals surface area contributed by atoms with Gasteiger partial charge in [-0.1, -0.05) is 109 Å². The molecule has 1 aliphatic rings. The molecule has 0 unspecified atom stereocenters. The zero-order valence-corrected chi connectivity index (χ0v) is 22.4. The number of hydrogen-bond acceptors (Lipinski definition) is 2. The third kappa shape index (κ3) is 3.92. The van der Waals surface area contributed by atoms with E-state index in [1.165, 1.54) is 55.3 Å². The highest BCUT2D eigenvalue weighted by Crippen LogP contribution is 2.49. The van der Waals surface area contributed by atoms with Crippen LogP contribution in [0.25, 0.3) is 55.3 Å². The zero-order valence-electron chi connectivity index (χ0n) is 22.4. The Labute approximate surface area is 239 Å². The summed E-state index contributed by atoms with van der Waals surface area (Å²) in [6, 6.07) is 52.3. The van der Waals surface area contributed by atoms with Crippen LogP contribution in [-0.2, 0) is 0 Å². The van der Waals surface area contributed by atoms with Gasteiger partial charge in [-0.05, 0) is 91.7 Å². The van der Waals surface area contributed by atoms with Crippen molar-refractivity contribution in [2.75, 3.05) is 4.90 Å². The van der Waals surface area contributed by atoms with Crippen LogP contribution in [-0.4, -0.2) is 4.98 Å².